The van der Waals surface area contributed by atoms with Gasteiger partial charge in [-0.2, -0.15) is 0 Å². The summed E-state index contributed by atoms with van der Waals surface area (Å²) in [4.78, 5) is 16.5. The quantitative estimate of drug-likeness (QED) is 0.634. The third-order valence-electron chi connectivity index (χ3n) is 3.40. The molecule has 0 radical (unpaired) electrons. The van der Waals surface area contributed by atoms with Crippen molar-refractivity contribution in [1.82, 2.24) is 10.4 Å². The number of carbonyl (C=O) groups excluding carboxylic acids is 1. The van der Waals surface area contributed by atoms with Gasteiger partial charge in [0.05, 0.1) is 27.7 Å². The lowest BCUT2D eigenvalue weighted by Crippen LogP contribution is -2.31. The summed E-state index contributed by atoms with van der Waals surface area (Å²) in [7, 11) is 0. The molecular weight excluding hydrogens is 369 g/mol. The third kappa shape index (κ3) is 3.73. The minimum atomic E-state index is -0.241. The summed E-state index contributed by atoms with van der Waals surface area (Å²) in [5, 5.41) is 2.04. The van der Waals surface area contributed by atoms with E-state index in [1.807, 2.05) is 30.3 Å². The first-order valence-corrected chi connectivity index (χ1v) is 8.20. The lowest BCUT2D eigenvalue weighted by molar-refractivity contribution is -0.119. The highest BCUT2D eigenvalue weighted by Crippen LogP contribution is 2.33. The molecule has 0 aliphatic carbocycles. The first kappa shape index (κ1) is 16.8. The molecule has 4 nitrogen and oxygen atoms in total. The first-order chi connectivity index (χ1) is 11.5. The molecule has 0 aliphatic rings. The van der Waals surface area contributed by atoms with Crippen LogP contribution in [0.4, 0.5) is 5.69 Å². The maximum atomic E-state index is 12.2. The summed E-state index contributed by atoms with van der Waals surface area (Å²) in [5.41, 5.74) is 7.35. The zero-order valence-electron chi connectivity index (χ0n) is 12.3. The lowest BCUT2D eigenvalue weighted by Gasteiger charge is -2.12. The van der Waals surface area contributed by atoms with E-state index >= 15 is 0 Å². The number of carbonyl (C=O) groups is 1. The number of halogens is 3. The summed E-state index contributed by atoms with van der Waals surface area (Å²) in [6.07, 6.45) is 1.87. The number of nitrogens with one attached hydrogen (secondary N) is 2. The van der Waals surface area contributed by atoms with Crippen LogP contribution in [0.1, 0.15) is 5.56 Å². The second kappa shape index (κ2) is 7.26. The molecule has 0 spiro atoms. The van der Waals surface area contributed by atoms with E-state index in [9.17, 15) is 4.79 Å². The van der Waals surface area contributed by atoms with Gasteiger partial charge in [0.2, 0.25) is 5.91 Å². The normalized spacial score (nSPS) is 10.6. The van der Waals surface area contributed by atoms with E-state index in [0.29, 0.717) is 20.8 Å². The molecular formula is C17H12Cl3N3O. The van der Waals surface area contributed by atoms with Gasteiger partial charge >= 0.3 is 0 Å². The number of aromatic nitrogens is 1. The van der Waals surface area contributed by atoms with Crippen molar-refractivity contribution in [2.45, 2.75) is 6.42 Å². The molecule has 122 valence electrons. The van der Waals surface area contributed by atoms with Crippen molar-refractivity contribution in [3.05, 3.63) is 69.3 Å². The van der Waals surface area contributed by atoms with Gasteiger partial charge in [-0.3, -0.25) is 20.6 Å². The number of benzene rings is 2. The van der Waals surface area contributed by atoms with Gasteiger partial charge in [0.1, 0.15) is 0 Å². The van der Waals surface area contributed by atoms with Gasteiger partial charge in [0, 0.05) is 16.6 Å². The Kier molecular flexibility index (Phi) is 5.09. The summed E-state index contributed by atoms with van der Waals surface area (Å²) in [5.74, 6) is -0.241. The van der Waals surface area contributed by atoms with E-state index < -0.39 is 0 Å². The average molecular weight is 381 g/mol. The second-order valence-electron chi connectivity index (χ2n) is 5.09. The fourth-order valence-corrected chi connectivity index (χ4v) is 3.23. The largest absolute Gasteiger partial charge is 0.296 e. The van der Waals surface area contributed by atoms with Crippen LogP contribution in [-0.4, -0.2) is 10.9 Å². The zero-order chi connectivity index (χ0) is 17.1. The summed E-state index contributed by atoms with van der Waals surface area (Å²) in [6.45, 7) is 0. The molecule has 1 heterocycles. The Hall–Kier alpha value is -2.01. The van der Waals surface area contributed by atoms with Crippen molar-refractivity contribution >= 4 is 57.3 Å². The van der Waals surface area contributed by atoms with Gasteiger partial charge in [-0.05, 0) is 23.8 Å². The van der Waals surface area contributed by atoms with Crippen molar-refractivity contribution in [2.24, 2.45) is 0 Å². The number of nitrogens with zero attached hydrogens (tertiary/aromatic N) is 1. The topological polar surface area (TPSA) is 54.0 Å². The molecule has 0 atom stereocenters. The van der Waals surface area contributed by atoms with Crippen LogP contribution in [0.2, 0.25) is 15.1 Å². The van der Waals surface area contributed by atoms with Crippen LogP contribution >= 0.6 is 34.8 Å². The third-order valence-corrected chi connectivity index (χ3v) is 4.22. The standard InChI is InChI=1S/C17H12Cl3N3O/c18-12-8-13(19)17(14(20)9-12)23-22-15(24)7-11-4-1-3-10-5-2-6-21-16(10)11/h1-6,8-9,23H,7H2,(H,22,24). The van der Waals surface area contributed by atoms with E-state index in [1.165, 1.54) is 12.1 Å². The fourth-order valence-electron chi connectivity index (χ4n) is 2.32. The van der Waals surface area contributed by atoms with Crippen LogP contribution in [0.5, 0.6) is 0 Å². The SMILES string of the molecule is O=C(Cc1cccc2cccnc12)NNc1c(Cl)cc(Cl)cc1Cl. The molecule has 0 saturated heterocycles. The molecule has 3 aromatic rings. The number of pyridine rings is 1. The Balaban J connectivity index is 1.72. The predicted octanol–water partition coefficient (Wildman–Crippen LogP) is 4.88. The number of rotatable bonds is 4. The average Bonchev–Trinajstić information content (AvgIpc) is 2.54. The lowest BCUT2D eigenvalue weighted by atomic mass is 10.1. The highest BCUT2D eigenvalue weighted by molar-refractivity contribution is 6.41. The minimum Gasteiger partial charge on any atom is -0.296 e. The number of hydrogen-bond acceptors (Lipinski definition) is 3. The number of para-hydroxylation sites is 1. The Morgan fingerprint density at radius 1 is 1.04 bits per heavy atom. The molecule has 0 aliphatic heterocycles. The molecule has 3 rings (SSSR count). The van der Waals surface area contributed by atoms with Gasteiger partial charge < -0.3 is 0 Å². The van der Waals surface area contributed by atoms with E-state index in [0.717, 1.165) is 16.5 Å². The molecule has 0 unspecified atom stereocenters. The van der Waals surface area contributed by atoms with Crippen LogP contribution in [0.3, 0.4) is 0 Å². The fraction of sp³-hybridized carbons (Fsp3) is 0.0588. The Bertz CT molecular complexity index is 886. The molecule has 2 N–H and O–H groups in total. The minimum absolute atomic E-state index is 0.171. The van der Waals surface area contributed by atoms with Crippen LogP contribution in [-0.2, 0) is 11.2 Å². The smallest absolute Gasteiger partial charge is 0.242 e. The van der Waals surface area contributed by atoms with E-state index in [-0.39, 0.29) is 12.3 Å². The number of amides is 1. The molecule has 1 aromatic heterocycles. The Labute approximate surface area is 153 Å². The van der Waals surface area contributed by atoms with Gasteiger partial charge in [-0.1, -0.05) is 59.1 Å². The van der Waals surface area contributed by atoms with Gasteiger partial charge in [-0.15, -0.1) is 0 Å². The molecule has 24 heavy (non-hydrogen) atoms. The van der Waals surface area contributed by atoms with E-state index in [2.05, 4.69) is 15.8 Å². The van der Waals surface area contributed by atoms with Gasteiger partial charge in [0.25, 0.3) is 0 Å². The number of fused-ring (bicyclic) bond motifs is 1. The summed E-state index contributed by atoms with van der Waals surface area (Å²) >= 11 is 18.0. The van der Waals surface area contributed by atoms with Crippen LogP contribution in [0.15, 0.2) is 48.7 Å². The summed E-state index contributed by atoms with van der Waals surface area (Å²) < 4.78 is 0. The molecule has 0 saturated carbocycles. The van der Waals surface area contributed by atoms with Crippen molar-refractivity contribution < 1.29 is 4.79 Å². The van der Waals surface area contributed by atoms with E-state index in [4.69, 9.17) is 34.8 Å². The highest BCUT2D eigenvalue weighted by Gasteiger charge is 2.11. The monoisotopic (exact) mass is 379 g/mol. The molecule has 2 aromatic carbocycles. The molecule has 7 heteroatoms. The number of hydrazine groups is 1. The van der Waals surface area contributed by atoms with Crippen molar-refractivity contribution in [3.63, 3.8) is 0 Å². The van der Waals surface area contributed by atoms with Crippen LogP contribution in [0.25, 0.3) is 10.9 Å². The van der Waals surface area contributed by atoms with Crippen LogP contribution in [0, 0.1) is 0 Å². The van der Waals surface area contributed by atoms with E-state index in [1.54, 1.807) is 6.20 Å². The van der Waals surface area contributed by atoms with Crippen molar-refractivity contribution in [3.8, 4) is 0 Å². The Morgan fingerprint density at radius 3 is 2.50 bits per heavy atom. The van der Waals surface area contributed by atoms with Gasteiger partial charge in [0.15, 0.2) is 0 Å². The molecule has 0 bridgehead atoms. The second-order valence-corrected chi connectivity index (χ2v) is 6.34. The Morgan fingerprint density at radius 2 is 1.75 bits per heavy atom. The molecule has 1 amide bonds. The highest BCUT2D eigenvalue weighted by atomic mass is 35.5. The number of anilines is 1. The van der Waals surface area contributed by atoms with Crippen molar-refractivity contribution in [2.75, 3.05) is 5.43 Å². The summed E-state index contributed by atoms with van der Waals surface area (Å²) in [6, 6.07) is 12.6. The zero-order valence-corrected chi connectivity index (χ0v) is 14.6. The number of hydrogen-bond donors (Lipinski definition) is 2. The maximum Gasteiger partial charge on any atom is 0.242 e. The maximum absolute atomic E-state index is 12.2. The van der Waals surface area contributed by atoms with Crippen LogP contribution < -0.4 is 10.9 Å². The van der Waals surface area contributed by atoms with Gasteiger partial charge in [-0.25, -0.2) is 0 Å². The first-order valence-electron chi connectivity index (χ1n) is 7.06. The molecule has 0 fully saturated rings. The predicted molar refractivity (Wildman–Crippen MR) is 98.7 cm³/mol. The van der Waals surface area contributed by atoms with Crippen molar-refractivity contribution in [1.29, 1.82) is 0 Å².